The van der Waals surface area contributed by atoms with Crippen molar-refractivity contribution in [3.8, 4) is 0 Å². The van der Waals surface area contributed by atoms with Gasteiger partial charge in [0.15, 0.2) is 0 Å². The van der Waals surface area contributed by atoms with Crippen LogP contribution in [-0.4, -0.2) is 44.0 Å². The van der Waals surface area contributed by atoms with Gasteiger partial charge in [0.25, 0.3) is 0 Å². The van der Waals surface area contributed by atoms with Crippen LogP contribution < -0.4 is 5.32 Å². The lowest BCUT2D eigenvalue weighted by Crippen LogP contribution is -2.36. The highest BCUT2D eigenvalue weighted by Gasteiger charge is 2.17. The van der Waals surface area contributed by atoms with Gasteiger partial charge in [0.05, 0.1) is 5.69 Å². The highest BCUT2D eigenvalue weighted by molar-refractivity contribution is 5.88. The summed E-state index contributed by atoms with van der Waals surface area (Å²) in [6.07, 6.45) is 3.96. The average molecular weight is 331 g/mol. The predicted octanol–water partition coefficient (Wildman–Crippen LogP) is 2.58. The van der Waals surface area contributed by atoms with Gasteiger partial charge in [-0.25, -0.2) is 9.48 Å². The number of aliphatic hydroxyl groups excluding tert-OH is 1. The van der Waals surface area contributed by atoms with E-state index in [-0.39, 0.29) is 18.7 Å². The van der Waals surface area contributed by atoms with E-state index in [1.165, 1.54) is 0 Å². The highest BCUT2D eigenvalue weighted by Crippen LogP contribution is 2.17. The van der Waals surface area contributed by atoms with Crippen LogP contribution in [0.2, 0.25) is 0 Å². The Morgan fingerprint density at radius 3 is 2.88 bits per heavy atom. The molecule has 0 bridgehead atoms. The molecule has 0 unspecified atom stereocenters. The molecule has 0 atom stereocenters. The molecule has 0 fully saturated rings. The molecule has 0 aliphatic heterocycles. The van der Waals surface area contributed by atoms with Crippen LogP contribution in [0.4, 0.5) is 10.6 Å². The van der Waals surface area contributed by atoms with Gasteiger partial charge in [-0.05, 0) is 38.8 Å². The molecule has 2 heterocycles. The Kier molecular flexibility index (Phi) is 6.31. The number of carbonyl (C=O) groups is 1. The van der Waals surface area contributed by atoms with E-state index in [4.69, 9.17) is 5.11 Å². The number of aryl methyl sites for hydroxylation is 1. The first-order valence-corrected chi connectivity index (χ1v) is 8.13. The van der Waals surface area contributed by atoms with Crippen molar-refractivity contribution in [1.82, 2.24) is 19.7 Å². The molecule has 24 heavy (non-hydrogen) atoms. The van der Waals surface area contributed by atoms with E-state index in [1.807, 2.05) is 39.0 Å². The monoisotopic (exact) mass is 331 g/mol. The van der Waals surface area contributed by atoms with Crippen LogP contribution in [-0.2, 0) is 6.54 Å². The molecular weight excluding hydrogens is 306 g/mol. The van der Waals surface area contributed by atoms with Crippen LogP contribution in [0.1, 0.15) is 37.6 Å². The molecule has 2 aromatic heterocycles. The number of aliphatic hydroxyl groups is 1. The van der Waals surface area contributed by atoms with Crippen molar-refractivity contribution in [1.29, 1.82) is 0 Å². The number of hydrogen-bond donors (Lipinski definition) is 2. The number of pyridine rings is 1. The number of carbonyl (C=O) groups excluding carboxylic acids is 1. The van der Waals surface area contributed by atoms with Gasteiger partial charge in [-0.1, -0.05) is 6.07 Å². The summed E-state index contributed by atoms with van der Waals surface area (Å²) in [4.78, 5) is 18.4. The number of nitrogens with one attached hydrogen (secondary N) is 1. The van der Waals surface area contributed by atoms with Gasteiger partial charge in [-0.15, -0.1) is 0 Å². The zero-order valence-electron chi connectivity index (χ0n) is 14.4. The number of nitrogens with zero attached hydrogens (tertiary/aromatic N) is 4. The Bertz CT molecular complexity index is 654. The maximum absolute atomic E-state index is 12.7. The van der Waals surface area contributed by atoms with Crippen molar-refractivity contribution in [2.24, 2.45) is 0 Å². The number of anilines is 1. The molecule has 0 saturated carbocycles. The second-order valence-electron chi connectivity index (χ2n) is 6.00. The molecule has 0 saturated heterocycles. The lowest BCUT2D eigenvalue weighted by molar-refractivity contribution is 0.199. The number of aromatic nitrogens is 3. The van der Waals surface area contributed by atoms with E-state index in [1.54, 1.807) is 22.0 Å². The van der Waals surface area contributed by atoms with Crippen molar-refractivity contribution >= 4 is 11.8 Å². The molecule has 0 aliphatic rings. The first-order valence-electron chi connectivity index (χ1n) is 8.13. The Hall–Kier alpha value is -2.41. The van der Waals surface area contributed by atoms with Gasteiger partial charge in [0.1, 0.15) is 5.82 Å². The fraction of sp³-hybridized carbons (Fsp3) is 0.471. The largest absolute Gasteiger partial charge is 0.396 e. The van der Waals surface area contributed by atoms with Gasteiger partial charge >= 0.3 is 6.03 Å². The summed E-state index contributed by atoms with van der Waals surface area (Å²) in [5.74, 6) is 0.674. The number of rotatable bonds is 7. The fourth-order valence-electron chi connectivity index (χ4n) is 2.42. The summed E-state index contributed by atoms with van der Waals surface area (Å²) in [7, 11) is 0. The fourth-order valence-corrected chi connectivity index (χ4v) is 2.42. The topological polar surface area (TPSA) is 83.3 Å². The number of urea groups is 1. The molecule has 130 valence electrons. The standard InChI is InChI=1S/C17H25N5O2/c1-13(2)22-16(10-14(3)20-22)19-17(24)21(8-5-9-23)12-15-6-4-7-18-11-15/h4,6-7,10-11,13,23H,5,8-9,12H2,1-3H3,(H,19,24). The van der Waals surface area contributed by atoms with Gasteiger partial charge in [-0.2, -0.15) is 5.10 Å². The zero-order chi connectivity index (χ0) is 17.5. The van der Waals surface area contributed by atoms with Crippen LogP contribution in [0.25, 0.3) is 0 Å². The van der Waals surface area contributed by atoms with Crippen molar-refractivity contribution < 1.29 is 9.90 Å². The molecule has 0 spiro atoms. The van der Waals surface area contributed by atoms with Gasteiger partial charge < -0.3 is 10.0 Å². The van der Waals surface area contributed by atoms with Gasteiger partial charge in [-0.3, -0.25) is 10.3 Å². The Labute approximate surface area is 142 Å². The van der Waals surface area contributed by atoms with E-state index < -0.39 is 0 Å². The molecule has 7 heteroatoms. The van der Waals surface area contributed by atoms with E-state index in [0.717, 1.165) is 11.3 Å². The molecule has 0 aromatic carbocycles. The molecule has 0 radical (unpaired) electrons. The Balaban J connectivity index is 2.12. The SMILES string of the molecule is Cc1cc(NC(=O)N(CCCO)Cc2cccnc2)n(C(C)C)n1. The summed E-state index contributed by atoms with van der Waals surface area (Å²) in [6.45, 7) is 6.87. The second-order valence-corrected chi connectivity index (χ2v) is 6.00. The van der Waals surface area contributed by atoms with Crippen molar-refractivity contribution in [2.45, 2.75) is 39.8 Å². The third-order valence-electron chi connectivity index (χ3n) is 3.55. The van der Waals surface area contributed by atoms with Crippen molar-refractivity contribution in [3.63, 3.8) is 0 Å². The molecular formula is C17H25N5O2. The van der Waals surface area contributed by atoms with Crippen LogP contribution in [0.15, 0.2) is 30.6 Å². The zero-order valence-corrected chi connectivity index (χ0v) is 14.4. The number of amides is 2. The van der Waals surface area contributed by atoms with E-state index in [0.29, 0.717) is 25.3 Å². The minimum atomic E-state index is -0.214. The summed E-state index contributed by atoms with van der Waals surface area (Å²) < 4.78 is 1.79. The lowest BCUT2D eigenvalue weighted by Gasteiger charge is -2.23. The van der Waals surface area contributed by atoms with Crippen LogP contribution in [0.3, 0.4) is 0 Å². The van der Waals surface area contributed by atoms with E-state index in [2.05, 4.69) is 15.4 Å². The van der Waals surface area contributed by atoms with Crippen molar-refractivity contribution in [2.75, 3.05) is 18.5 Å². The van der Waals surface area contributed by atoms with Gasteiger partial charge in [0.2, 0.25) is 0 Å². The minimum Gasteiger partial charge on any atom is -0.396 e. The maximum Gasteiger partial charge on any atom is 0.323 e. The summed E-state index contributed by atoms with van der Waals surface area (Å²) in [6, 6.07) is 5.56. The average Bonchev–Trinajstić information content (AvgIpc) is 2.93. The molecule has 7 nitrogen and oxygen atoms in total. The minimum absolute atomic E-state index is 0.0415. The quantitative estimate of drug-likeness (QED) is 0.817. The smallest absolute Gasteiger partial charge is 0.323 e. The maximum atomic E-state index is 12.7. The molecule has 2 N–H and O–H groups in total. The Morgan fingerprint density at radius 2 is 2.25 bits per heavy atom. The summed E-state index contributed by atoms with van der Waals surface area (Å²) in [5, 5.41) is 16.4. The lowest BCUT2D eigenvalue weighted by atomic mass is 10.2. The first-order chi connectivity index (χ1) is 11.5. The third kappa shape index (κ3) is 4.79. The van der Waals surface area contributed by atoms with Gasteiger partial charge in [0, 0.05) is 44.2 Å². The normalized spacial score (nSPS) is 10.9. The van der Waals surface area contributed by atoms with Crippen molar-refractivity contribution in [3.05, 3.63) is 41.9 Å². The molecule has 0 aliphatic carbocycles. The van der Waals surface area contributed by atoms with Crippen LogP contribution in [0.5, 0.6) is 0 Å². The number of hydrogen-bond acceptors (Lipinski definition) is 4. The third-order valence-corrected chi connectivity index (χ3v) is 3.55. The van der Waals surface area contributed by atoms with Crippen LogP contribution in [0, 0.1) is 6.92 Å². The molecule has 2 aromatic rings. The predicted molar refractivity (Wildman–Crippen MR) is 92.7 cm³/mol. The van der Waals surface area contributed by atoms with E-state index >= 15 is 0 Å². The first kappa shape index (κ1) is 17.9. The molecule has 2 rings (SSSR count). The van der Waals surface area contributed by atoms with Crippen LogP contribution >= 0.6 is 0 Å². The van der Waals surface area contributed by atoms with E-state index in [9.17, 15) is 4.79 Å². The molecule has 2 amide bonds. The Morgan fingerprint density at radius 1 is 1.46 bits per heavy atom. The highest BCUT2D eigenvalue weighted by atomic mass is 16.3. The summed E-state index contributed by atoms with van der Waals surface area (Å²) >= 11 is 0. The summed E-state index contributed by atoms with van der Waals surface area (Å²) in [5.41, 5.74) is 1.80. The second kappa shape index (κ2) is 8.44.